The number of halogens is 1. The summed E-state index contributed by atoms with van der Waals surface area (Å²) >= 11 is 0. The van der Waals surface area contributed by atoms with Gasteiger partial charge in [0.25, 0.3) is 0 Å². The molecule has 0 aromatic heterocycles. The van der Waals surface area contributed by atoms with Gasteiger partial charge in [0.15, 0.2) is 5.78 Å². The molecule has 2 N–H and O–H groups in total. The van der Waals surface area contributed by atoms with Gasteiger partial charge < -0.3 is 10.5 Å². The van der Waals surface area contributed by atoms with Gasteiger partial charge in [0.2, 0.25) is 0 Å². The van der Waals surface area contributed by atoms with Gasteiger partial charge in [-0.05, 0) is 19.9 Å². The molecule has 0 bridgehead atoms. The van der Waals surface area contributed by atoms with Crippen molar-refractivity contribution in [3.05, 3.63) is 23.5 Å². The zero-order chi connectivity index (χ0) is 10.7. The molecule has 0 aliphatic heterocycles. The Bertz CT molecular complexity index is 363. The van der Waals surface area contributed by atoms with Gasteiger partial charge in [0.05, 0.1) is 17.9 Å². The number of rotatable bonds is 3. The van der Waals surface area contributed by atoms with E-state index in [9.17, 15) is 9.18 Å². The van der Waals surface area contributed by atoms with Gasteiger partial charge in [-0.25, -0.2) is 4.39 Å². The molecule has 1 aromatic rings. The molecule has 0 heterocycles. The first kappa shape index (κ1) is 10.5. The summed E-state index contributed by atoms with van der Waals surface area (Å²) in [5.74, 6) is -0.523. The number of ketones is 1. The molecule has 0 aliphatic carbocycles. The lowest BCUT2D eigenvalue weighted by Crippen LogP contribution is -2.03. The Kier molecular flexibility index (Phi) is 3.06. The van der Waals surface area contributed by atoms with E-state index in [1.165, 1.54) is 13.0 Å². The lowest BCUT2D eigenvalue weighted by Gasteiger charge is -2.09. The molecule has 0 unspecified atom stereocenters. The zero-order valence-corrected chi connectivity index (χ0v) is 8.13. The molecule has 0 spiro atoms. The Balaban J connectivity index is 3.24. The van der Waals surface area contributed by atoms with Gasteiger partial charge in [0.1, 0.15) is 11.6 Å². The monoisotopic (exact) mass is 197 g/mol. The predicted molar refractivity (Wildman–Crippen MR) is 52.0 cm³/mol. The van der Waals surface area contributed by atoms with E-state index in [0.29, 0.717) is 12.2 Å². The van der Waals surface area contributed by atoms with Crippen molar-refractivity contribution >= 4 is 11.5 Å². The van der Waals surface area contributed by atoms with Crippen LogP contribution >= 0.6 is 0 Å². The largest absolute Gasteiger partial charge is 0.493 e. The lowest BCUT2D eigenvalue weighted by molar-refractivity contribution is 0.101. The van der Waals surface area contributed by atoms with Crippen molar-refractivity contribution in [3.8, 4) is 5.75 Å². The van der Waals surface area contributed by atoms with Gasteiger partial charge >= 0.3 is 0 Å². The van der Waals surface area contributed by atoms with Crippen LogP contribution in [0.2, 0.25) is 0 Å². The van der Waals surface area contributed by atoms with Crippen LogP contribution in [0.4, 0.5) is 10.1 Å². The molecule has 0 aliphatic rings. The molecule has 0 amide bonds. The number of carbonyl (C=O) groups excluding carboxylic acids is 1. The van der Waals surface area contributed by atoms with E-state index < -0.39 is 5.82 Å². The molecule has 14 heavy (non-hydrogen) atoms. The number of hydrogen-bond donors (Lipinski definition) is 1. The smallest absolute Gasteiger partial charge is 0.163 e. The minimum Gasteiger partial charge on any atom is -0.493 e. The van der Waals surface area contributed by atoms with E-state index in [2.05, 4.69) is 0 Å². The van der Waals surface area contributed by atoms with Crippen LogP contribution in [0.5, 0.6) is 5.75 Å². The minimum absolute atomic E-state index is 0.0429. The Hall–Kier alpha value is -1.58. The van der Waals surface area contributed by atoms with E-state index in [1.54, 1.807) is 6.92 Å². The molecule has 0 fully saturated rings. The van der Waals surface area contributed by atoms with E-state index in [-0.39, 0.29) is 17.2 Å². The predicted octanol–water partition coefficient (Wildman–Crippen LogP) is 2.01. The highest BCUT2D eigenvalue weighted by Crippen LogP contribution is 2.24. The summed E-state index contributed by atoms with van der Waals surface area (Å²) in [7, 11) is 0. The molecule has 0 atom stereocenters. The van der Waals surface area contributed by atoms with Crippen LogP contribution in [0.25, 0.3) is 0 Å². The average Bonchev–Trinajstić information content (AvgIpc) is 2.11. The Morgan fingerprint density at radius 2 is 2.21 bits per heavy atom. The quantitative estimate of drug-likeness (QED) is 0.595. The summed E-state index contributed by atoms with van der Waals surface area (Å²) in [5, 5.41) is 0. The number of nitrogen functional groups attached to an aromatic ring is 1. The molecular formula is C10H12FNO2. The standard InChI is InChI=1S/C10H12FNO2/c1-3-14-10-5-8(11)9(12)4-7(10)6(2)13/h4-5H,3,12H2,1-2H3. The minimum atomic E-state index is -0.571. The molecule has 1 aromatic carbocycles. The highest BCUT2D eigenvalue weighted by molar-refractivity contribution is 5.97. The highest BCUT2D eigenvalue weighted by atomic mass is 19.1. The van der Waals surface area contributed by atoms with E-state index in [1.807, 2.05) is 0 Å². The van der Waals surface area contributed by atoms with Gasteiger partial charge in [-0.2, -0.15) is 0 Å². The molecule has 4 heteroatoms. The number of carbonyl (C=O) groups is 1. The van der Waals surface area contributed by atoms with Crippen molar-refractivity contribution in [2.75, 3.05) is 12.3 Å². The van der Waals surface area contributed by atoms with Gasteiger partial charge in [-0.3, -0.25) is 4.79 Å². The van der Waals surface area contributed by atoms with Crippen molar-refractivity contribution in [3.63, 3.8) is 0 Å². The molecule has 1 rings (SSSR count). The average molecular weight is 197 g/mol. The zero-order valence-electron chi connectivity index (χ0n) is 8.13. The summed E-state index contributed by atoms with van der Waals surface area (Å²) in [6.45, 7) is 3.52. The fourth-order valence-electron chi connectivity index (χ4n) is 1.12. The van der Waals surface area contributed by atoms with Crippen LogP contribution in [0.1, 0.15) is 24.2 Å². The fraction of sp³-hybridized carbons (Fsp3) is 0.300. The van der Waals surface area contributed by atoms with E-state index in [0.717, 1.165) is 6.07 Å². The fourth-order valence-corrected chi connectivity index (χ4v) is 1.12. The van der Waals surface area contributed by atoms with Crippen LogP contribution < -0.4 is 10.5 Å². The molecule has 0 radical (unpaired) electrons. The summed E-state index contributed by atoms with van der Waals surface area (Å²) in [6.07, 6.45) is 0. The number of benzene rings is 1. The summed E-state index contributed by atoms with van der Waals surface area (Å²) in [5.41, 5.74) is 5.61. The maximum Gasteiger partial charge on any atom is 0.163 e. The third-order valence-corrected chi connectivity index (χ3v) is 1.78. The number of hydrogen-bond acceptors (Lipinski definition) is 3. The van der Waals surface area contributed by atoms with Gasteiger partial charge in [-0.1, -0.05) is 0 Å². The summed E-state index contributed by atoms with van der Waals surface area (Å²) < 4.78 is 18.1. The number of ether oxygens (including phenoxy) is 1. The van der Waals surface area contributed by atoms with Crippen molar-refractivity contribution in [1.82, 2.24) is 0 Å². The Morgan fingerprint density at radius 1 is 1.57 bits per heavy atom. The Morgan fingerprint density at radius 3 is 2.71 bits per heavy atom. The maximum absolute atomic E-state index is 13.0. The Labute approximate surface area is 81.7 Å². The second-order valence-corrected chi connectivity index (χ2v) is 2.86. The van der Waals surface area contributed by atoms with E-state index >= 15 is 0 Å². The van der Waals surface area contributed by atoms with Crippen molar-refractivity contribution in [2.24, 2.45) is 0 Å². The maximum atomic E-state index is 13.0. The van der Waals surface area contributed by atoms with Crippen LogP contribution in [0, 0.1) is 5.82 Å². The molecule has 0 saturated carbocycles. The van der Waals surface area contributed by atoms with Gasteiger partial charge in [0, 0.05) is 6.07 Å². The second-order valence-electron chi connectivity index (χ2n) is 2.86. The first-order valence-electron chi connectivity index (χ1n) is 4.29. The molecule has 0 saturated heterocycles. The summed E-state index contributed by atoms with van der Waals surface area (Å²) in [4.78, 5) is 11.1. The first-order chi connectivity index (χ1) is 6.56. The topological polar surface area (TPSA) is 52.3 Å². The van der Waals surface area contributed by atoms with Gasteiger partial charge in [-0.15, -0.1) is 0 Å². The summed E-state index contributed by atoms with van der Waals surface area (Å²) in [6, 6.07) is 2.43. The van der Waals surface area contributed by atoms with Crippen LogP contribution in [-0.4, -0.2) is 12.4 Å². The first-order valence-corrected chi connectivity index (χ1v) is 4.29. The van der Waals surface area contributed by atoms with Crippen molar-refractivity contribution in [2.45, 2.75) is 13.8 Å². The third-order valence-electron chi connectivity index (χ3n) is 1.78. The van der Waals surface area contributed by atoms with Crippen LogP contribution in [0.15, 0.2) is 12.1 Å². The SMILES string of the molecule is CCOc1cc(F)c(N)cc1C(C)=O. The molecular weight excluding hydrogens is 185 g/mol. The third kappa shape index (κ3) is 2.02. The lowest BCUT2D eigenvalue weighted by atomic mass is 10.1. The van der Waals surface area contributed by atoms with Crippen molar-refractivity contribution < 1.29 is 13.9 Å². The van der Waals surface area contributed by atoms with Crippen LogP contribution in [-0.2, 0) is 0 Å². The number of anilines is 1. The van der Waals surface area contributed by atoms with E-state index in [4.69, 9.17) is 10.5 Å². The second kappa shape index (κ2) is 4.09. The molecule has 76 valence electrons. The number of nitrogens with two attached hydrogens (primary N) is 1. The van der Waals surface area contributed by atoms with Crippen LogP contribution in [0.3, 0.4) is 0 Å². The highest BCUT2D eigenvalue weighted by Gasteiger charge is 2.12. The van der Waals surface area contributed by atoms with Crippen molar-refractivity contribution in [1.29, 1.82) is 0 Å². The normalized spacial score (nSPS) is 9.93. The molecule has 3 nitrogen and oxygen atoms in total. The number of Topliss-reactive ketones (excluding diaryl/α,β-unsaturated/α-hetero) is 1.